The summed E-state index contributed by atoms with van der Waals surface area (Å²) < 4.78 is 0. The summed E-state index contributed by atoms with van der Waals surface area (Å²) in [6.07, 6.45) is 7.74. The normalized spacial score (nSPS) is 15.9. The molecule has 1 N–H and O–H groups in total. The Balaban J connectivity index is 2.36. The number of hydrogen-bond acceptors (Lipinski definition) is 1. The van der Waals surface area contributed by atoms with Gasteiger partial charge in [0.2, 0.25) is 0 Å². The molecule has 0 amide bonds. The van der Waals surface area contributed by atoms with Crippen LogP contribution in [0.4, 0.5) is 0 Å². The minimum atomic E-state index is -0.715. The van der Waals surface area contributed by atoms with Gasteiger partial charge in [-0.2, -0.15) is 0 Å². The van der Waals surface area contributed by atoms with Crippen molar-refractivity contribution < 1.29 is 9.90 Å². The predicted octanol–water partition coefficient (Wildman–Crippen LogP) is 3.73. The molecule has 2 heteroatoms. The van der Waals surface area contributed by atoms with Gasteiger partial charge in [-0.3, -0.25) is 4.79 Å². The summed E-state index contributed by atoms with van der Waals surface area (Å²) in [6.45, 7) is 4.31. The van der Waals surface area contributed by atoms with Crippen molar-refractivity contribution in [2.75, 3.05) is 0 Å². The maximum absolute atomic E-state index is 10.9. The van der Waals surface area contributed by atoms with E-state index in [-0.39, 0.29) is 0 Å². The van der Waals surface area contributed by atoms with E-state index in [4.69, 9.17) is 5.11 Å². The van der Waals surface area contributed by atoms with Crippen LogP contribution < -0.4 is 0 Å². The highest BCUT2D eigenvalue weighted by atomic mass is 16.4. The Hall–Kier alpha value is -0.790. The lowest BCUT2D eigenvalue weighted by Gasteiger charge is -1.94. The van der Waals surface area contributed by atoms with Crippen molar-refractivity contribution >= 4 is 5.97 Å². The van der Waals surface area contributed by atoms with Crippen molar-refractivity contribution in [1.29, 1.82) is 0 Å². The van der Waals surface area contributed by atoms with E-state index in [1.165, 1.54) is 12.8 Å². The van der Waals surface area contributed by atoms with Crippen LogP contribution in [0.3, 0.4) is 0 Å². The number of carboxylic acids is 1. The lowest BCUT2D eigenvalue weighted by atomic mass is 10.1. The largest absolute Gasteiger partial charge is 0.480 e. The van der Waals surface area contributed by atoms with E-state index >= 15 is 0 Å². The van der Waals surface area contributed by atoms with Crippen LogP contribution in [0.15, 0.2) is 11.1 Å². The van der Waals surface area contributed by atoms with Gasteiger partial charge < -0.3 is 5.11 Å². The molecule has 0 bridgehead atoms. The first kappa shape index (κ1) is 12.3. The van der Waals surface area contributed by atoms with Gasteiger partial charge in [0, 0.05) is 0 Å². The van der Waals surface area contributed by atoms with E-state index in [2.05, 4.69) is 13.8 Å². The molecule has 0 aliphatic heterocycles. The second-order valence-electron chi connectivity index (χ2n) is 4.20. The van der Waals surface area contributed by atoms with Crippen molar-refractivity contribution in [2.24, 2.45) is 0 Å². The number of unbranched alkanes of at least 4 members (excludes halogenated alkanes) is 3. The molecule has 0 heterocycles. The summed E-state index contributed by atoms with van der Waals surface area (Å²) in [6, 6.07) is 0. The summed E-state index contributed by atoms with van der Waals surface area (Å²) in [5.41, 5.74) is 2.31. The monoisotopic (exact) mass is 209 g/mol. The van der Waals surface area contributed by atoms with Gasteiger partial charge in [0.15, 0.2) is 0 Å². The smallest absolute Gasteiger partial charge is 0.319 e. The highest BCUT2D eigenvalue weighted by Gasteiger charge is 2.41. The Bertz CT molecular complexity index is 253. The highest BCUT2D eigenvalue weighted by molar-refractivity contribution is 6.00. The van der Waals surface area contributed by atoms with Gasteiger partial charge in [-0.1, -0.05) is 33.1 Å². The van der Waals surface area contributed by atoms with E-state index < -0.39 is 5.97 Å². The van der Waals surface area contributed by atoms with Crippen LogP contribution in [0.5, 0.6) is 0 Å². The van der Waals surface area contributed by atoms with Gasteiger partial charge in [-0.25, -0.2) is 0 Å². The first-order chi connectivity index (χ1) is 7.22. The molecule has 15 heavy (non-hydrogen) atoms. The van der Waals surface area contributed by atoms with Gasteiger partial charge in [0.05, 0.1) is 0 Å². The van der Waals surface area contributed by atoms with Crippen molar-refractivity contribution in [3.63, 3.8) is 0 Å². The third-order valence-electron chi connectivity index (χ3n) is 2.93. The molecule has 0 saturated carbocycles. The molecular weight excluding hydrogens is 188 g/mol. The van der Waals surface area contributed by atoms with Crippen LogP contribution >= 0.6 is 0 Å². The molecule has 0 unspecified atom stereocenters. The Labute approximate surface area is 92.4 Å². The van der Waals surface area contributed by atoms with Crippen LogP contribution in [0.1, 0.15) is 58.8 Å². The topological polar surface area (TPSA) is 37.3 Å². The molecule has 1 rings (SSSR count). The fraction of sp³-hybridized carbons (Fsp3) is 0.692. The minimum Gasteiger partial charge on any atom is -0.480 e. The first-order valence-electron chi connectivity index (χ1n) is 6.05. The molecule has 0 fully saturated rings. The van der Waals surface area contributed by atoms with E-state index in [0.717, 1.165) is 43.3 Å². The van der Waals surface area contributed by atoms with Crippen LogP contribution in [0.2, 0.25) is 0 Å². The average molecular weight is 209 g/mol. The minimum absolute atomic E-state index is 0.652. The van der Waals surface area contributed by atoms with E-state index in [9.17, 15) is 4.79 Å². The second kappa shape index (κ2) is 5.94. The molecule has 0 aromatic rings. The third kappa shape index (κ3) is 3.37. The molecule has 0 aromatic heterocycles. The van der Waals surface area contributed by atoms with Gasteiger partial charge in [0.1, 0.15) is 5.92 Å². The number of hydrogen-bond donors (Lipinski definition) is 1. The van der Waals surface area contributed by atoms with Crippen molar-refractivity contribution in [3.05, 3.63) is 17.1 Å². The number of rotatable bonds is 8. The van der Waals surface area contributed by atoms with Crippen molar-refractivity contribution in [1.82, 2.24) is 0 Å². The Kier molecular flexibility index (Phi) is 4.86. The Morgan fingerprint density at radius 1 is 1.00 bits per heavy atom. The molecule has 1 aliphatic carbocycles. The summed E-state index contributed by atoms with van der Waals surface area (Å²) in [5.74, 6) is -0.0628. The van der Waals surface area contributed by atoms with Crippen LogP contribution in [-0.2, 0) is 4.79 Å². The summed E-state index contributed by atoms with van der Waals surface area (Å²) >= 11 is 0. The fourth-order valence-corrected chi connectivity index (χ4v) is 1.99. The van der Waals surface area contributed by atoms with E-state index in [1.54, 1.807) is 0 Å². The lowest BCUT2D eigenvalue weighted by Crippen LogP contribution is -2.00. The SMILES string of the molecule is CCCCCC1=C(CCCC)[C]1C(=O)O. The molecule has 2 nitrogen and oxygen atoms in total. The van der Waals surface area contributed by atoms with Crippen molar-refractivity contribution in [3.8, 4) is 0 Å². The summed E-state index contributed by atoms with van der Waals surface area (Å²) in [5, 5.41) is 8.97. The van der Waals surface area contributed by atoms with Gasteiger partial charge >= 0.3 is 5.97 Å². The summed E-state index contributed by atoms with van der Waals surface area (Å²) in [7, 11) is 0. The Morgan fingerprint density at radius 3 is 2.00 bits per heavy atom. The number of carbonyl (C=O) groups is 1. The zero-order chi connectivity index (χ0) is 11.3. The van der Waals surface area contributed by atoms with Crippen LogP contribution in [0.25, 0.3) is 0 Å². The molecule has 0 aromatic carbocycles. The standard InChI is InChI=1S/C13H21O2/c1-3-5-7-9-11-10(8-6-4-2)12(11)13(14)15/h3-9H2,1-2H3,(H,14,15). The third-order valence-corrected chi connectivity index (χ3v) is 2.93. The van der Waals surface area contributed by atoms with Crippen molar-refractivity contribution in [2.45, 2.75) is 58.8 Å². The molecule has 1 radical (unpaired) electrons. The second-order valence-corrected chi connectivity index (χ2v) is 4.20. The first-order valence-corrected chi connectivity index (χ1v) is 6.05. The summed E-state index contributed by atoms with van der Waals surface area (Å²) in [4.78, 5) is 10.9. The van der Waals surface area contributed by atoms with Crippen LogP contribution in [0, 0.1) is 5.92 Å². The maximum Gasteiger partial charge on any atom is 0.319 e. The highest BCUT2D eigenvalue weighted by Crippen LogP contribution is 2.47. The van der Waals surface area contributed by atoms with E-state index in [0.29, 0.717) is 5.92 Å². The fourth-order valence-electron chi connectivity index (χ4n) is 1.99. The molecule has 0 spiro atoms. The molecule has 85 valence electrons. The zero-order valence-electron chi connectivity index (χ0n) is 9.81. The molecule has 1 aliphatic rings. The van der Waals surface area contributed by atoms with Gasteiger partial charge in [-0.05, 0) is 36.8 Å². The molecule has 0 saturated heterocycles. The van der Waals surface area contributed by atoms with Crippen LogP contribution in [-0.4, -0.2) is 11.1 Å². The zero-order valence-corrected chi connectivity index (χ0v) is 9.81. The average Bonchev–Trinajstić information content (AvgIpc) is 2.89. The quantitative estimate of drug-likeness (QED) is 0.618. The number of aliphatic carboxylic acids is 1. The predicted molar refractivity (Wildman–Crippen MR) is 61.6 cm³/mol. The maximum atomic E-state index is 10.9. The number of carboxylic acid groups (broad SMARTS) is 1. The van der Waals surface area contributed by atoms with Gasteiger partial charge in [-0.15, -0.1) is 0 Å². The van der Waals surface area contributed by atoms with E-state index in [1.807, 2.05) is 0 Å². The molecular formula is C13H21O2. The van der Waals surface area contributed by atoms with Gasteiger partial charge in [0.25, 0.3) is 0 Å². The molecule has 0 atom stereocenters. The Morgan fingerprint density at radius 2 is 1.53 bits per heavy atom. The lowest BCUT2D eigenvalue weighted by molar-refractivity contribution is -0.133.